The molecule has 0 aliphatic carbocycles. The highest BCUT2D eigenvalue weighted by Crippen LogP contribution is 2.17. The Labute approximate surface area is 77.8 Å². The van der Waals surface area contributed by atoms with E-state index in [4.69, 9.17) is 17.3 Å². The van der Waals surface area contributed by atoms with Crippen LogP contribution in [0.1, 0.15) is 31.4 Å². The van der Waals surface area contributed by atoms with Gasteiger partial charge in [-0.1, -0.05) is 24.9 Å². The zero-order valence-corrected chi connectivity index (χ0v) is 7.88. The molecule has 0 saturated carbocycles. The van der Waals surface area contributed by atoms with Crippen LogP contribution < -0.4 is 5.73 Å². The van der Waals surface area contributed by atoms with Crippen molar-refractivity contribution >= 4 is 11.6 Å². The van der Waals surface area contributed by atoms with Crippen molar-refractivity contribution in [3.05, 3.63) is 29.0 Å². The fourth-order valence-corrected chi connectivity index (χ4v) is 1.31. The average Bonchev–Trinajstić information content (AvgIpc) is 2.05. The van der Waals surface area contributed by atoms with Crippen LogP contribution in [0.4, 0.5) is 0 Å². The van der Waals surface area contributed by atoms with E-state index in [2.05, 4.69) is 11.9 Å². The highest BCUT2D eigenvalue weighted by atomic mass is 35.5. The summed E-state index contributed by atoms with van der Waals surface area (Å²) in [6, 6.07) is 3.82. The van der Waals surface area contributed by atoms with Crippen molar-refractivity contribution in [2.24, 2.45) is 5.73 Å². The summed E-state index contributed by atoms with van der Waals surface area (Å²) in [5.41, 5.74) is 6.95. The second kappa shape index (κ2) is 4.43. The molecule has 0 fully saturated rings. The molecule has 3 heteroatoms. The summed E-state index contributed by atoms with van der Waals surface area (Å²) >= 11 is 5.72. The van der Waals surface area contributed by atoms with E-state index in [0.717, 1.165) is 18.4 Å². The number of hydrogen-bond acceptors (Lipinski definition) is 2. The molecule has 1 heterocycles. The Morgan fingerprint density at radius 1 is 1.67 bits per heavy atom. The molecule has 12 heavy (non-hydrogen) atoms. The van der Waals surface area contributed by atoms with Crippen molar-refractivity contribution in [3.8, 4) is 0 Å². The standard InChI is InChI=1S/C9H13ClN2/c1-2-3-8(11)7-4-5-12-9(10)6-7/h4-6,8H,2-3,11H2,1H3. The first-order valence-electron chi connectivity index (χ1n) is 4.11. The lowest BCUT2D eigenvalue weighted by atomic mass is 10.1. The molecule has 0 aromatic carbocycles. The van der Waals surface area contributed by atoms with Gasteiger partial charge in [-0.3, -0.25) is 0 Å². The van der Waals surface area contributed by atoms with Crippen molar-refractivity contribution in [1.29, 1.82) is 0 Å². The van der Waals surface area contributed by atoms with Gasteiger partial charge in [0.2, 0.25) is 0 Å². The first-order valence-corrected chi connectivity index (χ1v) is 4.49. The number of nitrogens with two attached hydrogens (primary N) is 1. The molecule has 0 saturated heterocycles. The summed E-state index contributed by atoms with van der Waals surface area (Å²) < 4.78 is 0. The van der Waals surface area contributed by atoms with Crippen LogP contribution in [0, 0.1) is 0 Å². The minimum atomic E-state index is 0.0931. The van der Waals surface area contributed by atoms with Crippen LogP contribution in [-0.2, 0) is 0 Å². The smallest absolute Gasteiger partial charge is 0.129 e. The minimum Gasteiger partial charge on any atom is -0.324 e. The van der Waals surface area contributed by atoms with E-state index in [1.165, 1.54) is 0 Å². The van der Waals surface area contributed by atoms with Gasteiger partial charge in [0.15, 0.2) is 0 Å². The number of halogens is 1. The molecule has 66 valence electrons. The molecule has 1 rings (SSSR count). The van der Waals surface area contributed by atoms with Crippen LogP contribution in [0.2, 0.25) is 5.15 Å². The third kappa shape index (κ3) is 2.47. The van der Waals surface area contributed by atoms with Crippen molar-refractivity contribution in [3.63, 3.8) is 0 Å². The Morgan fingerprint density at radius 3 is 3.00 bits per heavy atom. The number of nitrogens with zero attached hydrogens (tertiary/aromatic N) is 1. The van der Waals surface area contributed by atoms with E-state index in [0.29, 0.717) is 5.15 Å². The lowest BCUT2D eigenvalue weighted by molar-refractivity contribution is 0.638. The van der Waals surface area contributed by atoms with E-state index < -0.39 is 0 Å². The van der Waals surface area contributed by atoms with Crippen molar-refractivity contribution in [1.82, 2.24) is 4.98 Å². The monoisotopic (exact) mass is 184 g/mol. The first kappa shape index (κ1) is 9.49. The second-order valence-corrected chi connectivity index (χ2v) is 3.19. The Balaban J connectivity index is 2.73. The molecule has 2 N–H and O–H groups in total. The normalized spacial score (nSPS) is 12.9. The molecule has 1 aromatic heterocycles. The van der Waals surface area contributed by atoms with Gasteiger partial charge in [0, 0.05) is 12.2 Å². The third-order valence-electron chi connectivity index (χ3n) is 1.78. The second-order valence-electron chi connectivity index (χ2n) is 2.81. The van der Waals surface area contributed by atoms with Crippen molar-refractivity contribution in [2.75, 3.05) is 0 Å². The van der Waals surface area contributed by atoms with Gasteiger partial charge in [-0.05, 0) is 24.1 Å². The average molecular weight is 185 g/mol. The first-order chi connectivity index (χ1) is 5.74. The fourth-order valence-electron chi connectivity index (χ4n) is 1.13. The van der Waals surface area contributed by atoms with Gasteiger partial charge >= 0.3 is 0 Å². The molecule has 0 aliphatic rings. The van der Waals surface area contributed by atoms with Gasteiger partial charge in [0.05, 0.1) is 0 Å². The number of rotatable bonds is 3. The third-order valence-corrected chi connectivity index (χ3v) is 1.99. The quantitative estimate of drug-likeness (QED) is 0.734. The lowest BCUT2D eigenvalue weighted by Gasteiger charge is -2.09. The Bertz CT molecular complexity index is 250. The molecule has 0 amide bonds. The van der Waals surface area contributed by atoms with Gasteiger partial charge < -0.3 is 5.73 Å². The van der Waals surface area contributed by atoms with E-state index in [9.17, 15) is 0 Å². The molecular formula is C9H13ClN2. The molecule has 2 nitrogen and oxygen atoms in total. The summed E-state index contributed by atoms with van der Waals surface area (Å²) in [6.45, 7) is 2.11. The summed E-state index contributed by atoms with van der Waals surface area (Å²) in [7, 11) is 0. The summed E-state index contributed by atoms with van der Waals surface area (Å²) in [6.07, 6.45) is 3.76. The molecule has 0 bridgehead atoms. The summed E-state index contributed by atoms with van der Waals surface area (Å²) in [5, 5.41) is 0.513. The van der Waals surface area contributed by atoms with Gasteiger partial charge in [-0.2, -0.15) is 0 Å². The molecule has 1 aromatic rings. The Morgan fingerprint density at radius 2 is 2.42 bits per heavy atom. The minimum absolute atomic E-state index is 0.0931. The van der Waals surface area contributed by atoms with Crippen LogP contribution in [0.5, 0.6) is 0 Å². The largest absolute Gasteiger partial charge is 0.324 e. The maximum atomic E-state index is 5.89. The highest BCUT2D eigenvalue weighted by molar-refractivity contribution is 6.29. The Kier molecular flexibility index (Phi) is 3.50. The van der Waals surface area contributed by atoms with E-state index in [1.807, 2.05) is 12.1 Å². The van der Waals surface area contributed by atoms with E-state index in [-0.39, 0.29) is 6.04 Å². The van der Waals surface area contributed by atoms with Crippen LogP contribution in [0.25, 0.3) is 0 Å². The van der Waals surface area contributed by atoms with Crippen molar-refractivity contribution in [2.45, 2.75) is 25.8 Å². The van der Waals surface area contributed by atoms with Gasteiger partial charge in [-0.15, -0.1) is 0 Å². The van der Waals surface area contributed by atoms with Crippen LogP contribution in [-0.4, -0.2) is 4.98 Å². The predicted octanol–water partition coefficient (Wildman–Crippen LogP) is 2.53. The number of hydrogen-bond donors (Lipinski definition) is 1. The van der Waals surface area contributed by atoms with Crippen LogP contribution >= 0.6 is 11.6 Å². The highest BCUT2D eigenvalue weighted by Gasteiger charge is 2.04. The lowest BCUT2D eigenvalue weighted by Crippen LogP contribution is -2.09. The Hall–Kier alpha value is -0.600. The molecule has 0 spiro atoms. The number of pyridine rings is 1. The van der Waals surface area contributed by atoms with E-state index in [1.54, 1.807) is 6.20 Å². The SMILES string of the molecule is CCCC(N)c1ccnc(Cl)c1. The molecule has 1 unspecified atom stereocenters. The summed E-state index contributed by atoms with van der Waals surface area (Å²) in [4.78, 5) is 3.89. The van der Waals surface area contributed by atoms with Crippen LogP contribution in [0.3, 0.4) is 0 Å². The maximum Gasteiger partial charge on any atom is 0.129 e. The predicted molar refractivity (Wildman–Crippen MR) is 51.1 cm³/mol. The topological polar surface area (TPSA) is 38.9 Å². The van der Waals surface area contributed by atoms with Gasteiger partial charge in [-0.25, -0.2) is 4.98 Å². The molecule has 1 atom stereocenters. The van der Waals surface area contributed by atoms with Crippen LogP contribution in [0.15, 0.2) is 18.3 Å². The maximum absolute atomic E-state index is 5.89. The zero-order valence-electron chi connectivity index (χ0n) is 7.13. The van der Waals surface area contributed by atoms with E-state index >= 15 is 0 Å². The molecule has 0 radical (unpaired) electrons. The van der Waals surface area contributed by atoms with Crippen molar-refractivity contribution < 1.29 is 0 Å². The fraction of sp³-hybridized carbons (Fsp3) is 0.444. The molecule has 0 aliphatic heterocycles. The zero-order chi connectivity index (χ0) is 8.97. The van der Waals surface area contributed by atoms with Gasteiger partial charge in [0.1, 0.15) is 5.15 Å². The number of aromatic nitrogens is 1. The molecular weight excluding hydrogens is 172 g/mol. The summed E-state index contributed by atoms with van der Waals surface area (Å²) in [5.74, 6) is 0. The van der Waals surface area contributed by atoms with Gasteiger partial charge in [0.25, 0.3) is 0 Å².